The van der Waals surface area contributed by atoms with E-state index in [9.17, 15) is 4.79 Å². The lowest BCUT2D eigenvalue weighted by Crippen LogP contribution is -2.44. The summed E-state index contributed by atoms with van der Waals surface area (Å²) in [6, 6.07) is 0.276. The number of hydrogen-bond donors (Lipinski definition) is 2. The summed E-state index contributed by atoms with van der Waals surface area (Å²) in [5, 5.41) is 3.13. The average molecular weight is 291 g/mol. The van der Waals surface area contributed by atoms with Gasteiger partial charge in [-0.05, 0) is 38.5 Å². The molecule has 0 aromatic rings. The van der Waals surface area contributed by atoms with Gasteiger partial charge in [-0.1, -0.05) is 19.3 Å². The first-order valence-corrected chi connectivity index (χ1v) is 7.36. The molecule has 1 aliphatic carbocycles. The predicted molar refractivity (Wildman–Crippen MR) is 78.4 cm³/mol. The van der Waals surface area contributed by atoms with Crippen LogP contribution < -0.4 is 11.1 Å². The van der Waals surface area contributed by atoms with Crippen LogP contribution in [0.2, 0.25) is 0 Å². The fraction of sp³-hybridized carbons (Fsp3) is 0.929. The van der Waals surface area contributed by atoms with E-state index in [0.717, 1.165) is 12.8 Å². The van der Waals surface area contributed by atoms with Crippen molar-refractivity contribution >= 4 is 18.3 Å². The monoisotopic (exact) mass is 290 g/mol. The number of nitrogens with one attached hydrogen (secondary N) is 1. The molecule has 0 aromatic heterocycles. The fourth-order valence-electron chi connectivity index (χ4n) is 3.14. The van der Waals surface area contributed by atoms with E-state index in [1.165, 1.54) is 32.1 Å². The lowest BCUT2D eigenvalue weighted by Gasteiger charge is -2.29. The van der Waals surface area contributed by atoms with Crippen molar-refractivity contribution in [2.24, 2.45) is 11.7 Å². The second-order valence-electron chi connectivity index (χ2n) is 5.76. The largest absolute Gasteiger partial charge is 0.364 e. The Bertz CT molecular complexity index is 283. The number of hydrogen-bond acceptors (Lipinski definition) is 3. The van der Waals surface area contributed by atoms with Gasteiger partial charge in [0.1, 0.15) is 6.10 Å². The topological polar surface area (TPSA) is 64.4 Å². The number of carbonyl (C=O) groups is 1. The molecule has 0 spiro atoms. The van der Waals surface area contributed by atoms with Gasteiger partial charge in [0.15, 0.2) is 0 Å². The minimum Gasteiger partial charge on any atom is -0.364 e. The fourth-order valence-corrected chi connectivity index (χ4v) is 3.14. The molecule has 3 atom stereocenters. The lowest BCUT2D eigenvalue weighted by atomic mass is 9.84. The van der Waals surface area contributed by atoms with Gasteiger partial charge in [-0.3, -0.25) is 4.79 Å². The zero-order valence-electron chi connectivity index (χ0n) is 11.8. The first-order valence-electron chi connectivity index (χ1n) is 7.36. The van der Waals surface area contributed by atoms with E-state index in [0.29, 0.717) is 12.5 Å². The van der Waals surface area contributed by atoms with Gasteiger partial charge >= 0.3 is 0 Å². The Morgan fingerprint density at radius 2 is 1.95 bits per heavy atom. The molecule has 0 aromatic carbocycles. The molecule has 19 heavy (non-hydrogen) atoms. The van der Waals surface area contributed by atoms with Crippen molar-refractivity contribution in [3.8, 4) is 0 Å². The maximum absolute atomic E-state index is 12.1. The predicted octanol–water partition coefficient (Wildman–Crippen LogP) is 2.00. The third kappa shape index (κ3) is 4.62. The van der Waals surface area contributed by atoms with Gasteiger partial charge in [-0.2, -0.15) is 0 Å². The highest BCUT2D eigenvalue weighted by Gasteiger charge is 2.31. The van der Waals surface area contributed by atoms with Gasteiger partial charge in [0, 0.05) is 12.6 Å². The van der Waals surface area contributed by atoms with Gasteiger partial charge in [0.05, 0.1) is 6.10 Å². The van der Waals surface area contributed by atoms with Gasteiger partial charge in [-0.15, -0.1) is 12.4 Å². The van der Waals surface area contributed by atoms with Gasteiger partial charge in [0.2, 0.25) is 5.91 Å². The van der Waals surface area contributed by atoms with Crippen LogP contribution in [0.4, 0.5) is 0 Å². The second kappa shape index (κ2) is 8.08. The number of carbonyl (C=O) groups excluding carboxylic acids is 1. The summed E-state index contributed by atoms with van der Waals surface area (Å²) < 4.78 is 5.62. The summed E-state index contributed by atoms with van der Waals surface area (Å²) >= 11 is 0. The van der Waals surface area contributed by atoms with E-state index in [-0.39, 0.29) is 36.6 Å². The number of rotatable bonds is 4. The summed E-state index contributed by atoms with van der Waals surface area (Å²) in [5.41, 5.74) is 5.56. The summed E-state index contributed by atoms with van der Waals surface area (Å²) in [4.78, 5) is 12.1. The van der Waals surface area contributed by atoms with Crippen molar-refractivity contribution in [3.05, 3.63) is 0 Å². The molecule has 112 valence electrons. The van der Waals surface area contributed by atoms with E-state index in [2.05, 4.69) is 12.2 Å². The molecule has 0 radical (unpaired) electrons. The third-order valence-electron chi connectivity index (χ3n) is 4.39. The van der Waals surface area contributed by atoms with Gasteiger partial charge in [0.25, 0.3) is 0 Å². The van der Waals surface area contributed by atoms with Crippen LogP contribution >= 0.6 is 12.4 Å². The summed E-state index contributed by atoms with van der Waals surface area (Å²) in [5.74, 6) is 0.707. The van der Waals surface area contributed by atoms with E-state index >= 15 is 0 Å². The SMILES string of the molecule is CC(NC(=O)[C@@H]1CC[C@H](CN)O1)C1CCCCC1.Cl. The second-order valence-corrected chi connectivity index (χ2v) is 5.76. The number of nitrogens with two attached hydrogens (primary N) is 1. The van der Waals surface area contributed by atoms with Crippen LogP contribution in [0.15, 0.2) is 0 Å². The van der Waals surface area contributed by atoms with E-state index in [4.69, 9.17) is 10.5 Å². The van der Waals surface area contributed by atoms with Crippen LogP contribution in [-0.4, -0.2) is 30.7 Å². The molecule has 2 fully saturated rings. The van der Waals surface area contributed by atoms with Crippen LogP contribution in [-0.2, 0) is 9.53 Å². The number of amides is 1. The van der Waals surface area contributed by atoms with Gasteiger partial charge in [-0.25, -0.2) is 0 Å². The normalized spacial score (nSPS) is 29.6. The molecule has 1 amide bonds. The van der Waals surface area contributed by atoms with Crippen molar-refractivity contribution in [2.75, 3.05) is 6.54 Å². The standard InChI is InChI=1S/C14H26N2O2.ClH/c1-10(11-5-3-2-4-6-11)16-14(17)13-8-7-12(9-15)18-13;/h10-13H,2-9,15H2,1H3,(H,16,17);1H/t10?,12-,13+;/m1./s1. The highest BCUT2D eigenvalue weighted by Crippen LogP contribution is 2.27. The first-order chi connectivity index (χ1) is 8.70. The number of ether oxygens (including phenoxy) is 1. The maximum atomic E-state index is 12.1. The summed E-state index contributed by atoms with van der Waals surface area (Å²) in [7, 11) is 0. The van der Waals surface area contributed by atoms with Crippen LogP contribution in [0.1, 0.15) is 51.9 Å². The third-order valence-corrected chi connectivity index (χ3v) is 4.39. The molecule has 2 aliphatic rings. The zero-order valence-corrected chi connectivity index (χ0v) is 12.6. The molecule has 1 heterocycles. The Labute approximate surface area is 122 Å². The Balaban J connectivity index is 0.00000180. The Morgan fingerprint density at radius 3 is 2.53 bits per heavy atom. The Morgan fingerprint density at radius 1 is 1.26 bits per heavy atom. The molecule has 5 heteroatoms. The zero-order chi connectivity index (χ0) is 13.0. The molecule has 4 nitrogen and oxygen atoms in total. The highest BCUT2D eigenvalue weighted by molar-refractivity contribution is 5.85. The van der Waals surface area contributed by atoms with Crippen molar-refractivity contribution in [1.82, 2.24) is 5.32 Å². The van der Waals surface area contributed by atoms with Crippen molar-refractivity contribution in [3.63, 3.8) is 0 Å². The number of halogens is 1. The van der Waals surface area contributed by atoms with E-state index in [1.807, 2.05) is 0 Å². The Hall–Kier alpha value is -0.320. The van der Waals surface area contributed by atoms with Crippen molar-refractivity contribution < 1.29 is 9.53 Å². The van der Waals surface area contributed by atoms with Crippen LogP contribution in [0.3, 0.4) is 0 Å². The van der Waals surface area contributed by atoms with Gasteiger partial charge < -0.3 is 15.8 Å². The average Bonchev–Trinajstić information content (AvgIpc) is 2.88. The maximum Gasteiger partial charge on any atom is 0.249 e. The molecule has 1 unspecified atom stereocenters. The Kier molecular flexibility index (Phi) is 7.11. The molecular formula is C14H27ClN2O2. The molecule has 3 N–H and O–H groups in total. The molecular weight excluding hydrogens is 264 g/mol. The molecule has 2 rings (SSSR count). The first kappa shape index (κ1) is 16.7. The minimum atomic E-state index is -0.274. The molecule has 1 saturated carbocycles. The molecule has 1 saturated heterocycles. The quantitative estimate of drug-likeness (QED) is 0.832. The summed E-state index contributed by atoms with van der Waals surface area (Å²) in [6.07, 6.45) is 7.98. The van der Waals surface area contributed by atoms with Crippen molar-refractivity contribution in [1.29, 1.82) is 0 Å². The summed E-state index contributed by atoms with van der Waals surface area (Å²) in [6.45, 7) is 2.64. The smallest absolute Gasteiger partial charge is 0.249 e. The van der Waals surface area contributed by atoms with E-state index < -0.39 is 0 Å². The van der Waals surface area contributed by atoms with Crippen LogP contribution in [0.25, 0.3) is 0 Å². The lowest BCUT2D eigenvalue weighted by molar-refractivity contribution is -0.132. The molecule has 1 aliphatic heterocycles. The van der Waals surface area contributed by atoms with E-state index in [1.54, 1.807) is 0 Å². The highest BCUT2D eigenvalue weighted by atomic mass is 35.5. The van der Waals surface area contributed by atoms with Crippen molar-refractivity contribution in [2.45, 2.75) is 70.1 Å². The van der Waals surface area contributed by atoms with Crippen LogP contribution in [0.5, 0.6) is 0 Å². The molecule has 0 bridgehead atoms. The minimum absolute atomic E-state index is 0. The van der Waals surface area contributed by atoms with Crippen LogP contribution in [0, 0.1) is 5.92 Å².